The van der Waals surface area contributed by atoms with Crippen LogP contribution in [-0.4, -0.2) is 25.9 Å². The minimum atomic E-state index is -0.604. The van der Waals surface area contributed by atoms with Gasteiger partial charge in [-0.25, -0.2) is 4.79 Å². The molecule has 0 aliphatic heterocycles. The highest BCUT2D eigenvalue weighted by Crippen LogP contribution is 2.41. The molecule has 7 heteroatoms. The minimum absolute atomic E-state index is 0.175. The van der Waals surface area contributed by atoms with E-state index in [4.69, 9.17) is 9.15 Å². The second kappa shape index (κ2) is 5.47. The molecule has 0 saturated heterocycles. The summed E-state index contributed by atoms with van der Waals surface area (Å²) in [5, 5.41) is 12.1. The molecule has 124 valence electrons. The molecule has 0 spiro atoms. The summed E-state index contributed by atoms with van der Waals surface area (Å²) in [5.74, 6) is 0.752. The molecule has 2 aromatic heterocycles. The molecule has 1 atom stereocenters. The molecule has 1 saturated carbocycles. The van der Waals surface area contributed by atoms with Gasteiger partial charge >= 0.3 is 5.97 Å². The number of rotatable bonds is 4. The van der Waals surface area contributed by atoms with Crippen molar-refractivity contribution < 1.29 is 13.9 Å². The SMILES string of the molecule is Cc1nnc(C(C)OC(=O)c2cc(C3CC3)n(C(C)(C)C)n2)o1. The van der Waals surface area contributed by atoms with Crippen LogP contribution in [0.25, 0.3) is 0 Å². The lowest BCUT2D eigenvalue weighted by molar-refractivity contribution is 0.0268. The van der Waals surface area contributed by atoms with Crippen LogP contribution in [0.15, 0.2) is 10.5 Å². The van der Waals surface area contributed by atoms with Gasteiger partial charge in [0.25, 0.3) is 5.89 Å². The molecule has 1 aliphatic carbocycles. The lowest BCUT2D eigenvalue weighted by Gasteiger charge is -2.22. The molecular formula is C16H22N4O3. The summed E-state index contributed by atoms with van der Waals surface area (Å²) in [6.07, 6.45) is 1.69. The van der Waals surface area contributed by atoms with Crippen molar-refractivity contribution in [1.29, 1.82) is 0 Å². The molecule has 3 rings (SSSR count). The Bertz CT molecular complexity index is 722. The summed E-state index contributed by atoms with van der Waals surface area (Å²) in [6, 6.07) is 1.84. The maximum absolute atomic E-state index is 12.4. The van der Waals surface area contributed by atoms with E-state index in [1.165, 1.54) is 0 Å². The van der Waals surface area contributed by atoms with Gasteiger partial charge in [0.1, 0.15) is 0 Å². The molecular weight excluding hydrogens is 296 g/mol. The summed E-state index contributed by atoms with van der Waals surface area (Å²) < 4.78 is 12.6. The van der Waals surface area contributed by atoms with Gasteiger partial charge in [-0.15, -0.1) is 10.2 Å². The molecule has 1 aliphatic rings. The second-order valence-electron chi connectivity index (χ2n) is 7.02. The van der Waals surface area contributed by atoms with Crippen LogP contribution in [0.4, 0.5) is 0 Å². The number of hydrogen-bond acceptors (Lipinski definition) is 6. The van der Waals surface area contributed by atoms with E-state index in [1.807, 2.05) is 10.7 Å². The summed E-state index contributed by atoms with van der Waals surface area (Å²) in [7, 11) is 0. The second-order valence-corrected chi connectivity index (χ2v) is 7.02. The van der Waals surface area contributed by atoms with E-state index in [2.05, 4.69) is 36.1 Å². The van der Waals surface area contributed by atoms with E-state index in [-0.39, 0.29) is 11.4 Å². The third-order valence-corrected chi connectivity index (χ3v) is 3.75. The number of carbonyl (C=O) groups is 1. The molecule has 23 heavy (non-hydrogen) atoms. The Hall–Kier alpha value is -2.18. The Kier molecular flexibility index (Phi) is 3.74. The number of esters is 1. The zero-order chi connectivity index (χ0) is 16.8. The third-order valence-electron chi connectivity index (χ3n) is 3.75. The minimum Gasteiger partial charge on any atom is -0.448 e. The highest BCUT2D eigenvalue weighted by molar-refractivity contribution is 5.87. The van der Waals surface area contributed by atoms with Gasteiger partial charge < -0.3 is 9.15 Å². The zero-order valence-electron chi connectivity index (χ0n) is 14.2. The molecule has 0 radical (unpaired) electrons. The molecule has 2 heterocycles. The zero-order valence-corrected chi connectivity index (χ0v) is 14.2. The fourth-order valence-corrected chi connectivity index (χ4v) is 2.45. The Balaban J connectivity index is 1.79. The van der Waals surface area contributed by atoms with Crippen molar-refractivity contribution in [2.24, 2.45) is 0 Å². The molecule has 0 N–H and O–H groups in total. The van der Waals surface area contributed by atoms with Gasteiger partial charge in [0.15, 0.2) is 11.8 Å². The standard InChI is InChI=1S/C16H22N4O3/c1-9(14-18-17-10(2)23-14)22-15(21)12-8-13(11-6-7-11)20(19-12)16(3,4)5/h8-9,11H,6-7H2,1-5H3. The first-order chi connectivity index (χ1) is 10.8. The number of ether oxygens (including phenoxy) is 1. The monoisotopic (exact) mass is 318 g/mol. The van der Waals surface area contributed by atoms with Crippen LogP contribution < -0.4 is 0 Å². The van der Waals surface area contributed by atoms with E-state index in [0.717, 1.165) is 18.5 Å². The average molecular weight is 318 g/mol. The Morgan fingerprint density at radius 1 is 1.39 bits per heavy atom. The highest BCUT2D eigenvalue weighted by atomic mass is 16.6. The molecule has 0 bridgehead atoms. The first-order valence-corrected chi connectivity index (χ1v) is 7.87. The van der Waals surface area contributed by atoms with E-state index < -0.39 is 12.1 Å². The molecule has 2 aromatic rings. The summed E-state index contributed by atoms with van der Waals surface area (Å²) in [5.41, 5.74) is 1.25. The van der Waals surface area contributed by atoms with Gasteiger partial charge in [0.05, 0.1) is 5.54 Å². The van der Waals surface area contributed by atoms with E-state index in [1.54, 1.807) is 13.8 Å². The predicted molar refractivity (Wildman–Crippen MR) is 82.1 cm³/mol. The summed E-state index contributed by atoms with van der Waals surface area (Å²) >= 11 is 0. The van der Waals surface area contributed by atoms with Crippen LogP contribution in [0, 0.1) is 6.92 Å². The van der Waals surface area contributed by atoms with Crippen molar-refractivity contribution in [3.05, 3.63) is 29.2 Å². The number of nitrogens with zero attached hydrogens (tertiary/aromatic N) is 4. The van der Waals surface area contributed by atoms with Gasteiger partial charge in [0, 0.05) is 18.5 Å². The van der Waals surface area contributed by atoms with Crippen LogP contribution in [-0.2, 0) is 10.3 Å². The molecule has 1 unspecified atom stereocenters. The van der Waals surface area contributed by atoms with Crippen LogP contribution >= 0.6 is 0 Å². The first-order valence-electron chi connectivity index (χ1n) is 7.87. The van der Waals surface area contributed by atoms with Crippen LogP contribution in [0.1, 0.15) is 80.5 Å². The van der Waals surface area contributed by atoms with Gasteiger partial charge in [-0.3, -0.25) is 4.68 Å². The topological polar surface area (TPSA) is 83.0 Å². The fourth-order valence-electron chi connectivity index (χ4n) is 2.45. The quantitative estimate of drug-likeness (QED) is 0.805. The van der Waals surface area contributed by atoms with Crippen LogP contribution in [0.2, 0.25) is 0 Å². The van der Waals surface area contributed by atoms with Gasteiger partial charge in [0.2, 0.25) is 5.89 Å². The highest BCUT2D eigenvalue weighted by Gasteiger charge is 2.33. The van der Waals surface area contributed by atoms with Crippen molar-refractivity contribution in [3.63, 3.8) is 0 Å². The fraction of sp³-hybridized carbons (Fsp3) is 0.625. The summed E-state index contributed by atoms with van der Waals surface area (Å²) in [4.78, 5) is 12.4. The lowest BCUT2D eigenvalue weighted by Crippen LogP contribution is -2.25. The van der Waals surface area contributed by atoms with E-state index in [9.17, 15) is 4.79 Å². The molecule has 1 fully saturated rings. The Morgan fingerprint density at radius 3 is 2.61 bits per heavy atom. The number of carbonyl (C=O) groups excluding carboxylic acids is 1. The van der Waals surface area contributed by atoms with E-state index >= 15 is 0 Å². The smallest absolute Gasteiger partial charge is 0.359 e. The third kappa shape index (κ3) is 3.28. The lowest BCUT2D eigenvalue weighted by atomic mass is 10.1. The van der Waals surface area contributed by atoms with Gasteiger partial charge in [-0.1, -0.05) is 0 Å². The van der Waals surface area contributed by atoms with Crippen molar-refractivity contribution in [1.82, 2.24) is 20.0 Å². The van der Waals surface area contributed by atoms with Crippen LogP contribution in [0.5, 0.6) is 0 Å². The molecule has 7 nitrogen and oxygen atoms in total. The molecule has 0 amide bonds. The number of aryl methyl sites for hydroxylation is 1. The maximum atomic E-state index is 12.4. The number of aromatic nitrogens is 4. The maximum Gasteiger partial charge on any atom is 0.359 e. The van der Waals surface area contributed by atoms with Crippen molar-refractivity contribution in [2.75, 3.05) is 0 Å². The van der Waals surface area contributed by atoms with Gasteiger partial charge in [-0.05, 0) is 46.6 Å². The first kappa shape index (κ1) is 15.7. The van der Waals surface area contributed by atoms with E-state index in [0.29, 0.717) is 17.5 Å². The normalized spacial score (nSPS) is 16.4. The van der Waals surface area contributed by atoms with Crippen molar-refractivity contribution >= 4 is 5.97 Å². The van der Waals surface area contributed by atoms with Crippen LogP contribution in [0.3, 0.4) is 0 Å². The Labute approximate surface area is 135 Å². The average Bonchev–Trinajstić information content (AvgIpc) is 3.03. The van der Waals surface area contributed by atoms with Crippen molar-refractivity contribution in [3.8, 4) is 0 Å². The predicted octanol–water partition coefficient (Wildman–Crippen LogP) is 3.12. The molecule has 0 aromatic carbocycles. The Morgan fingerprint density at radius 2 is 2.09 bits per heavy atom. The van der Waals surface area contributed by atoms with Gasteiger partial charge in [-0.2, -0.15) is 5.10 Å². The number of hydrogen-bond donors (Lipinski definition) is 0. The largest absolute Gasteiger partial charge is 0.448 e. The van der Waals surface area contributed by atoms with Crippen molar-refractivity contribution in [2.45, 2.75) is 65.0 Å². The summed E-state index contributed by atoms with van der Waals surface area (Å²) in [6.45, 7) is 9.62.